The molecule has 9 aromatic carbocycles. The minimum atomic E-state index is 0.630. The molecule has 0 atom stereocenters. The number of aromatic nitrogens is 4. The predicted molar refractivity (Wildman–Crippen MR) is 220 cm³/mol. The molecule has 11 rings (SSSR count). The van der Waals surface area contributed by atoms with Gasteiger partial charge in [0.2, 0.25) is 0 Å². The van der Waals surface area contributed by atoms with Crippen LogP contribution in [0.5, 0.6) is 0 Å². The van der Waals surface area contributed by atoms with Gasteiger partial charge in [0.15, 0.2) is 17.5 Å². The lowest BCUT2D eigenvalue weighted by Crippen LogP contribution is -2.01. The van der Waals surface area contributed by atoms with Crippen molar-refractivity contribution in [2.24, 2.45) is 0 Å². The molecule has 0 N–H and O–H groups in total. The molecule has 0 aliphatic rings. The summed E-state index contributed by atoms with van der Waals surface area (Å²) in [5.74, 6) is 1.91. The first-order chi connectivity index (χ1) is 26.3. The van der Waals surface area contributed by atoms with Gasteiger partial charge in [-0.2, -0.15) is 0 Å². The summed E-state index contributed by atoms with van der Waals surface area (Å²) in [5.41, 5.74) is 6.19. The van der Waals surface area contributed by atoms with E-state index in [0.29, 0.717) is 17.5 Å². The molecule has 0 spiro atoms. The molecule has 2 aromatic heterocycles. The molecule has 0 fully saturated rings. The monoisotopic (exact) mass is 674 g/mol. The molecule has 0 unspecified atom stereocenters. The molecular formula is C49H30N4. The minimum Gasteiger partial charge on any atom is -0.309 e. The van der Waals surface area contributed by atoms with E-state index < -0.39 is 0 Å². The van der Waals surface area contributed by atoms with Gasteiger partial charge in [0.1, 0.15) is 0 Å². The minimum absolute atomic E-state index is 0.630. The van der Waals surface area contributed by atoms with Crippen molar-refractivity contribution in [2.45, 2.75) is 0 Å². The highest BCUT2D eigenvalue weighted by Crippen LogP contribution is 2.39. The van der Waals surface area contributed by atoms with Crippen LogP contribution in [0.2, 0.25) is 0 Å². The van der Waals surface area contributed by atoms with E-state index in [1.165, 1.54) is 59.4 Å². The van der Waals surface area contributed by atoms with Gasteiger partial charge in [-0.25, -0.2) is 15.0 Å². The van der Waals surface area contributed by atoms with E-state index in [2.05, 4.69) is 168 Å². The van der Waals surface area contributed by atoms with Crippen molar-refractivity contribution in [3.05, 3.63) is 182 Å². The largest absolute Gasteiger partial charge is 0.309 e. The molecule has 2 heterocycles. The van der Waals surface area contributed by atoms with Crippen molar-refractivity contribution < 1.29 is 0 Å². The fourth-order valence-electron chi connectivity index (χ4n) is 8.20. The van der Waals surface area contributed by atoms with Crippen molar-refractivity contribution in [1.29, 1.82) is 0 Å². The highest BCUT2D eigenvalue weighted by atomic mass is 15.0. The van der Waals surface area contributed by atoms with Crippen molar-refractivity contribution in [3.8, 4) is 39.9 Å². The lowest BCUT2D eigenvalue weighted by molar-refractivity contribution is 1.07. The smallest absolute Gasteiger partial charge is 0.164 e. The summed E-state index contributed by atoms with van der Waals surface area (Å²) >= 11 is 0. The Morgan fingerprint density at radius 2 is 0.830 bits per heavy atom. The number of benzene rings is 9. The third kappa shape index (κ3) is 4.66. The number of nitrogens with zero attached hydrogens (tertiary/aromatic N) is 4. The van der Waals surface area contributed by atoms with Crippen molar-refractivity contribution in [2.75, 3.05) is 0 Å². The van der Waals surface area contributed by atoms with Crippen LogP contribution in [0.3, 0.4) is 0 Å². The topological polar surface area (TPSA) is 43.6 Å². The van der Waals surface area contributed by atoms with E-state index in [9.17, 15) is 0 Å². The average Bonchev–Trinajstić information content (AvgIpc) is 3.59. The molecule has 246 valence electrons. The van der Waals surface area contributed by atoms with E-state index in [1.54, 1.807) is 0 Å². The van der Waals surface area contributed by atoms with Gasteiger partial charge in [-0.3, -0.25) is 0 Å². The molecule has 0 saturated heterocycles. The molecule has 0 aliphatic carbocycles. The van der Waals surface area contributed by atoms with Crippen LogP contribution >= 0.6 is 0 Å². The third-order valence-corrected chi connectivity index (χ3v) is 10.6. The van der Waals surface area contributed by atoms with E-state index in [-0.39, 0.29) is 0 Å². The highest BCUT2D eigenvalue weighted by Gasteiger charge is 2.18. The molecule has 4 nitrogen and oxygen atoms in total. The van der Waals surface area contributed by atoms with Gasteiger partial charge >= 0.3 is 0 Å². The number of fused-ring (bicyclic) bond motifs is 11. The maximum Gasteiger partial charge on any atom is 0.164 e. The Bertz CT molecular complexity index is 3200. The zero-order valence-electron chi connectivity index (χ0n) is 28.6. The fourth-order valence-corrected chi connectivity index (χ4v) is 8.20. The second-order valence-electron chi connectivity index (χ2n) is 13.6. The maximum atomic E-state index is 5.21. The van der Waals surface area contributed by atoms with Crippen molar-refractivity contribution >= 4 is 64.9 Å². The van der Waals surface area contributed by atoms with Gasteiger partial charge in [-0.05, 0) is 73.4 Å². The number of rotatable bonds is 4. The molecule has 0 aliphatic heterocycles. The number of hydrogen-bond acceptors (Lipinski definition) is 3. The lowest BCUT2D eigenvalue weighted by atomic mass is 9.93. The Kier molecular flexibility index (Phi) is 6.52. The molecule has 0 bridgehead atoms. The summed E-state index contributed by atoms with van der Waals surface area (Å²) in [4.78, 5) is 15.4. The number of hydrogen-bond donors (Lipinski definition) is 0. The van der Waals surface area contributed by atoms with Crippen LogP contribution in [0.25, 0.3) is 105 Å². The van der Waals surface area contributed by atoms with Crippen molar-refractivity contribution in [3.63, 3.8) is 0 Å². The first kappa shape index (κ1) is 29.5. The van der Waals surface area contributed by atoms with Crippen LogP contribution in [0.15, 0.2) is 182 Å². The van der Waals surface area contributed by atoms with Gasteiger partial charge < -0.3 is 4.57 Å². The van der Waals surface area contributed by atoms with Gasteiger partial charge in [0.25, 0.3) is 0 Å². The quantitative estimate of drug-likeness (QED) is 0.175. The van der Waals surface area contributed by atoms with Crippen LogP contribution in [-0.2, 0) is 0 Å². The van der Waals surface area contributed by atoms with Gasteiger partial charge in [-0.1, -0.05) is 152 Å². The molecule has 0 amide bonds. The zero-order valence-corrected chi connectivity index (χ0v) is 28.6. The second kappa shape index (κ2) is 11.7. The summed E-state index contributed by atoms with van der Waals surface area (Å²) < 4.78 is 2.36. The Balaban J connectivity index is 1.13. The summed E-state index contributed by atoms with van der Waals surface area (Å²) in [6, 6.07) is 64.5. The van der Waals surface area contributed by atoms with Gasteiger partial charge in [-0.15, -0.1) is 0 Å². The van der Waals surface area contributed by atoms with Gasteiger partial charge in [0, 0.05) is 33.2 Å². The molecule has 0 saturated carbocycles. The first-order valence-electron chi connectivity index (χ1n) is 18.0. The molecule has 4 heteroatoms. The van der Waals surface area contributed by atoms with Crippen LogP contribution < -0.4 is 0 Å². The summed E-state index contributed by atoms with van der Waals surface area (Å²) in [7, 11) is 0. The predicted octanol–water partition coefficient (Wildman–Crippen LogP) is 12.6. The van der Waals surface area contributed by atoms with E-state index >= 15 is 0 Å². The molecule has 0 radical (unpaired) electrons. The van der Waals surface area contributed by atoms with Crippen LogP contribution in [-0.4, -0.2) is 19.5 Å². The Labute approximate surface area is 305 Å². The zero-order chi connectivity index (χ0) is 34.9. The number of para-hydroxylation sites is 1. The maximum absolute atomic E-state index is 5.21. The summed E-state index contributed by atoms with van der Waals surface area (Å²) in [6.07, 6.45) is 0. The van der Waals surface area contributed by atoms with E-state index in [1.807, 2.05) is 18.2 Å². The van der Waals surface area contributed by atoms with E-state index in [4.69, 9.17) is 15.0 Å². The van der Waals surface area contributed by atoms with Crippen LogP contribution in [0, 0.1) is 0 Å². The molecule has 53 heavy (non-hydrogen) atoms. The molecule has 11 aromatic rings. The molecular weight excluding hydrogens is 645 g/mol. The van der Waals surface area contributed by atoms with Gasteiger partial charge in [0.05, 0.1) is 11.0 Å². The van der Waals surface area contributed by atoms with Crippen molar-refractivity contribution in [1.82, 2.24) is 19.5 Å². The summed E-state index contributed by atoms with van der Waals surface area (Å²) in [6.45, 7) is 0. The highest BCUT2D eigenvalue weighted by molar-refractivity contribution is 6.26. The second-order valence-corrected chi connectivity index (χ2v) is 13.6. The van der Waals surface area contributed by atoms with E-state index in [0.717, 1.165) is 27.9 Å². The van der Waals surface area contributed by atoms with Crippen LogP contribution in [0.1, 0.15) is 0 Å². The average molecular weight is 675 g/mol. The summed E-state index contributed by atoms with van der Waals surface area (Å²) in [5, 5.41) is 12.3. The van der Waals surface area contributed by atoms with Crippen LogP contribution in [0.4, 0.5) is 0 Å². The Hall–Kier alpha value is -7.17. The SMILES string of the molecule is c1ccc(-c2nc(-c3cccc(-n4c5ccccc5c5c6ccccc6ccc54)c3)nc(-c3ccc4c5ccccc5c5ccccc5c4c3)n2)cc1. The lowest BCUT2D eigenvalue weighted by Gasteiger charge is -2.13. The Morgan fingerprint density at radius 1 is 0.302 bits per heavy atom. The first-order valence-corrected chi connectivity index (χ1v) is 18.0. The standard InChI is InChI=1S/C49H30N4/c1-2-14-32(15-3-1)47-50-48(52-49(51-47)34-25-27-41-39-21-7-6-19-37(39)38-20-8-9-22-40(38)43(41)30-34)33-16-12-17-35(29-33)53-44-24-11-10-23-42(44)46-36-18-5-4-13-31(36)26-28-45(46)53/h1-30H. The normalized spacial score (nSPS) is 11.8. The Morgan fingerprint density at radius 3 is 1.55 bits per heavy atom. The fraction of sp³-hybridized carbons (Fsp3) is 0. The third-order valence-electron chi connectivity index (χ3n) is 10.6.